The Labute approximate surface area is 122 Å². The van der Waals surface area contributed by atoms with E-state index in [1.165, 1.54) is 12.1 Å². The average molecular weight is 291 g/mol. The molecule has 0 aliphatic heterocycles. The second-order valence-corrected chi connectivity index (χ2v) is 5.11. The molecule has 0 heterocycles. The van der Waals surface area contributed by atoms with Crippen LogP contribution in [0.4, 0.5) is 0 Å². The van der Waals surface area contributed by atoms with E-state index in [1.807, 2.05) is 32.9 Å². The molecule has 20 heavy (non-hydrogen) atoms. The molecular formula is C16H15ClO3. The number of aromatic carboxylic acids is 1. The maximum Gasteiger partial charge on any atom is 0.337 e. The summed E-state index contributed by atoms with van der Waals surface area (Å²) in [5.74, 6) is 0.255. The van der Waals surface area contributed by atoms with Crippen molar-refractivity contribution in [3.8, 4) is 11.5 Å². The Hall–Kier alpha value is -2.00. The number of benzene rings is 2. The summed E-state index contributed by atoms with van der Waals surface area (Å²) < 4.78 is 5.86. The predicted octanol–water partition coefficient (Wildman–Crippen LogP) is 4.76. The van der Waals surface area contributed by atoms with Crippen molar-refractivity contribution in [3.05, 3.63) is 57.6 Å². The molecule has 0 amide bonds. The molecule has 1 N–H and O–H groups in total. The smallest absolute Gasteiger partial charge is 0.337 e. The van der Waals surface area contributed by atoms with Gasteiger partial charge in [-0.25, -0.2) is 4.79 Å². The van der Waals surface area contributed by atoms with Crippen LogP contribution in [0.1, 0.15) is 27.0 Å². The highest BCUT2D eigenvalue weighted by molar-refractivity contribution is 6.33. The van der Waals surface area contributed by atoms with Crippen LogP contribution in [0.15, 0.2) is 30.3 Å². The van der Waals surface area contributed by atoms with Crippen LogP contribution in [-0.2, 0) is 0 Å². The summed E-state index contributed by atoms with van der Waals surface area (Å²) in [6.45, 7) is 5.97. The summed E-state index contributed by atoms with van der Waals surface area (Å²) in [5.41, 5.74) is 3.28. The second-order valence-electron chi connectivity index (χ2n) is 4.70. The molecule has 0 saturated heterocycles. The summed E-state index contributed by atoms with van der Waals surface area (Å²) in [6.07, 6.45) is 0. The van der Waals surface area contributed by atoms with Crippen molar-refractivity contribution in [1.29, 1.82) is 0 Å². The van der Waals surface area contributed by atoms with Crippen LogP contribution in [0.5, 0.6) is 11.5 Å². The molecule has 0 bridgehead atoms. The van der Waals surface area contributed by atoms with Crippen LogP contribution < -0.4 is 4.74 Å². The lowest BCUT2D eigenvalue weighted by molar-refractivity contribution is 0.0697. The van der Waals surface area contributed by atoms with Gasteiger partial charge in [-0.3, -0.25) is 0 Å². The summed E-state index contributed by atoms with van der Waals surface area (Å²) in [4.78, 5) is 10.9. The minimum atomic E-state index is -1.05. The van der Waals surface area contributed by atoms with Crippen LogP contribution in [0.2, 0.25) is 5.02 Å². The third-order valence-electron chi connectivity index (χ3n) is 3.26. The number of carboxylic acids is 1. The van der Waals surface area contributed by atoms with Crippen LogP contribution in [0.3, 0.4) is 0 Å². The SMILES string of the molecule is Cc1ccc(C)c(Oc2ccc(C(=O)O)c(Cl)c2)c1C. The van der Waals surface area contributed by atoms with Crippen molar-refractivity contribution in [2.75, 3.05) is 0 Å². The van der Waals surface area contributed by atoms with E-state index in [4.69, 9.17) is 21.4 Å². The maximum atomic E-state index is 10.9. The van der Waals surface area contributed by atoms with E-state index in [0.29, 0.717) is 5.75 Å². The Morgan fingerprint density at radius 1 is 1.10 bits per heavy atom. The third kappa shape index (κ3) is 2.78. The summed E-state index contributed by atoms with van der Waals surface area (Å²) >= 11 is 5.94. The van der Waals surface area contributed by atoms with Gasteiger partial charge in [0.1, 0.15) is 11.5 Å². The van der Waals surface area contributed by atoms with E-state index in [2.05, 4.69) is 0 Å². The fourth-order valence-corrected chi connectivity index (χ4v) is 2.18. The van der Waals surface area contributed by atoms with Crippen LogP contribution in [-0.4, -0.2) is 11.1 Å². The molecule has 0 spiro atoms. The quantitative estimate of drug-likeness (QED) is 0.887. The van der Waals surface area contributed by atoms with Crippen molar-refractivity contribution >= 4 is 17.6 Å². The van der Waals surface area contributed by atoms with E-state index in [0.717, 1.165) is 22.4 Å². The average Bonchev–Trinajstić information content (AvgIpc) is 2.39. The molecule has 3 nitrogen and oxygen atoms in total. The minimum absolute atomic E-state index is 0.0664. The molecule has 2 aromatic carbocycles. The van der Waals surface area contributed by atoms with Gasteiger partial charge in [0.15, 0.2) is 0 Å². The molecule has 0 aliphatic carbocycles. The molecule has 0 radical (unpaired) electrons. The zero-order valence-electron chi connectivity index (χ0n) is 11.5. The number of ether oxygens (including phenoxy) is 1. The molecule has 2 aromatic rings. The number of rotatable bonds is 3. The highest BCUT2D eigenvalue weighted by Crippen LogP contribution is 2.32. The van der Waals surface area contributed by atoms with Gasteiger partial charge >= 0.3 is 5.97 Å². The monoisotopic (exact) mass is 290 g/mol. The van der Waals surface area contributed by atoms with E-state index >= 15 is 0 Å². The fraction of sp³-hybridized carbons (Fsp3) is 0.188. The number of carboxylic acid groups (broad SMARTS) is 1. The molecule has 2 rings (SSSR count). The summed E-state index contributed by atoms with van der Waals surface area (Å²) in [7, 11) is 0. The van der Waals surface area contributed by atoms with Crippen LogP contribution in [0.25, 0.3) is 0 Å². The molecule has 104 valence electrons. The van der Waals surface area contributed by atoms with Gasteiger partial charge in [0.2, 0.25) is 0 Å². The van der Waals surface area contributed by atoms with E-state index < -0.39 is 5.97 Å². The minimum Gasteiger partial charge on any atom is -0.478 e. The van der Waals surface area contributed by atoms with Crippen molar-refractivity contribution in [3.63, 3.8) is 0 Å². The van der Waals surface area contributed by atoms with Crippen molar-refractivity contribution < 1.29 is 14.6 Å². The molecule has 0 fully saturated rings. The first-order valence-electron chi connectivity index (χ1n) is 6.17. The lowest BCUT2D eigenvalue weighted by Gasteiger charge is -2.14. The van der Waals surface area contributed by atoms with Gasteiger partial charge in [-0.05, 0) is 49.6 Å². The zero-order valence-corrected chi connectivity index (χ0v) is 12.3. The second kappa shape index (κ2) is 5.55. The van der Waals surface area contributed by atoms with Gasteiger partial charge in [0.25, 0.3) is 0 Å². The number of hydrogen-bond donors (Lipinski definition) is 1. The van der Waals surface area contributed by atoms with Crippen LogP contribution >= 0.6 is 11.6 Å². The zero-order chi connectivity index (χ0) is 14.9. The van der Waals surface area contributed by atoms with Gasteiger partial charge in [0, 0.05) is 6.07 Å². The third-order valence-corrected chi connectivity index (χ3v) is 3.58. The molecule has 0 aliphatic rings. The van der Waals surface area contributed by atoms with Gasteiger partial charge in [0.05, 0.1) is 10.6 Å². The molecule has 4 heteroatoms. The number of halogens is 1. The molecule has 0 aromatic heterocycles. The Balaban J connectivity index is 2.39. The topological polar surface area (TPSA) is 46.5 Å². The van der Waals surface area contributed by atoms with E-state index in [-0.39, 0.29) is 10.6 Å². The molecule has 0 unspecified atom stereocenters. The van der Waals surface area contributed by atoms with Gasteiger partial charge < -0.3 is 9.84 Å². The lowest BCUT2D eigenvalue weighted by atomic mass is 10.1. The van der Waals surface area contributed by atoms with Crippen molar-refractivity contribution in [2.45, 2.75) is 20.8 Å². The maximum absolute atomic E-state index is 10.9. The Morgan fingerprint density at radius 2 is 1.75 bits per heavy atom. The fourth-order valence-electron chi connectivity index (χ4n) is 1.93. The first-order valence-corrected chi connectivity index (χ1v) is 6.55. The molecule has 0 saturated carbocycles. The number of carbonyl (C=O) groups is 1. The molecular weight excluding hydrogens is 276 g/mol. The highest BCUT2D eigenvalue weighted by atomic mass is 35.5. The Morgan fingerprint density at radius 3 is 2.35 bits per heavy atom. The van der Waals surface area contributed by atoms with Gasteiger partial charge in [-0.15, -0.1) is 0 Å². The predicted molar refractivity (Wildman–Crippen MR) is 79.1 cm³/mol. The largest absolute Gasteiger partial charge is 0.478 e. The standard InChI is InChI=1S/C16H15ClO3/c1-9-4-5-10(2)15(11(9)3)20-12-6-7-13(16(18)19)14(17)8-12/h4-8H,1-3H3,(H,18,19). The van der Waals surface area contributed by atoms with Crippen molar-refractivity contribution in [1.82, 2.24) is 0 Å². The van der Waals surface area contributed by atoms with Gasteiger partial charge in [-0.1, -0.05) is 23.7 Å². The summed E-state index contributed by atoms with van der Waals surface area (Å²) in [5, 5.41) is 9.11. The van der Waals surface area contributed by atoms with Gasteiger partial charge in [-0.2, -0.15) is 0 Å². The first-order chi connectivity index (χ1) is 9.40. The van der Waals surface area contributed by atoms with Crippen LogP contribution in [0, 0.1) is 20.8 Å². The van der Waals surface area contributed by atoms with Crippen molar-refractivity contribution in [2.24, 2.45) is 0 Å². The number of hydrogen-bond acceptors (Lipinski definition) is 2. The lowest BCUT2D eigenvalue weighted by Crippen LogP contribution is -1.98. The normalized spacial score (nSPS) is 10.4. The van der Waals surface area contributed by atoms with E-state index in [9.17, 15) is 4.79 Å². The highest BCUT2D eigenvalue weighted by Gasteiger charge is 2.12. The Bertz CT molecular complexity index is 678. The van der Waals surface area contributed by atoms with E-state index in [1.54, 1.807) is 6.07 Å². The molecule has 0 atom stereocenters. The first kappa shape index (κ1) is 14.4. The summed E-state index contributed by atoms with van der Waals surface area (Å²) in [6, 6.07) is 8.60. The number of aryl methyl sites for hydroxylation is 2. The Kier molecular flexibility index (Phi) is 4.00.